The van der Waals surface area contributed by atoms with E-state index in [0.29, 0.717) is 21.3 Å². The standard InChI is InChI=1S/C14H12Cl2N2O2/c1-18(2)6-5-13(19)14-8-12(17-20-14)10-4-3-9(15)7-11(10)16/h3-8H,1-2H3/b6-5+. The Kier molecular flexibility index (Phi) is 4.47. The molecule has 104 valence electrons. The van der Waals surface area contributed by atoms with Gasteiger partial charge in [-0.25, -0.2) is 0 Å². The van der Waals surface area contributed by atoms with Gasteiger partial charge in [0.2, 0.25) is 11.5 Å². The number of hydrogen-bond acceptors (Lipinski definition) is 4. The predicted molar refractivity (Wildman–Crippen MR) is 79.1 cm³/mol. The SMILES string of the molecule is CN(C)/C=C/C(=O)c1cc(-c2ccc(Cl)cc2Cl)no1. The molecule has 0 aliphatic carbocycles. The molecule has 4 nitrogen and oxygen atoms in total. The molecule has 0 unspecified atom stereocenters. The van der Waals surface area contributed by atoms with E-state index in [4.69, 9.17) is 27.7 Å². The molecule has 20 heavy (non-hydrogen) atoms. The van der Waals surface area contributed by atoms with Gasteiger partial charge in [0, 0.05) is 43.0 Å². The number of halogens is 2. The minimum atomic E-state index is -0.262. The van der Waals surface area contributed by atoms with Crippen molar-refractivity contribution in [1.82, 2.24) is 10.1 Å². The predicted octanol–water partition coefficient (Wildman–Crippen LogP) is 3.91. The maximum Gasteiger partial charge on any atom is 0.225 e. The molecule has 0 saturated heterocycles. The fourth-order valence-corrected chi connectivity index (χ4v) is 2.02. The molecule has 0 amide bonds. The van der Waals surface area contributed by atoms with Crippen molar-refractivity contribution in [1.29, 1.82) is 0 Å². The van der Waals surface area contributed by atoms with Crippen molar-refractivity contribution in [3.05, 3.63) is 52.3 Å². The zero-order chi connectivity index (χ0) is 14.7. The van der Waals surface area contributed by atoms with Crippen molar-refractivity contribution >= 4 is 29.0 Å². The summed E-state index contributed by atoms with van der Waals surface area (Å²) < 4.78 is 5.04. The van der Waals surface area contributed by atoms with Crippen molar-refractivity contribution in [3.63, 3.8) is 0 Å². The number of carbonyl (C=O) groups is 1. The highest BCUT2D eigenvalue weighted by Crippen LogP contribution is 2.29. The van der Waals surface area contributed by atoms with Crippen LogP contribution in [0.3, 0.4) is 0 Å². The summed E-state index contributed by atoms with van der Waals surface area (Å²) in [4.78, 5) is 13.6. The summed E-state index contributed by atoms with van der Waals surface area (Å²) in [6.45, 7) is 0. The monoisotopic (exact) mass is 310 g/mol. The molecule has 0 aliphatic rings. The van der Waals surface area contributed by atoms with Crippen molar-refractivity contribution in [2.24, 2.45) is 0 Å². The molecule has 2 rings (SSSR count). The molecule has 0 spiro atoms. The van der Waals surface area contributed by atoms with Gasteiger partial charge < -0.3 is 9.42 Å². The molecule has 2 aromatic rings. The van der Waals surface area contributed by atoms with Crippen LogP contribution in [0, 0.1) is 0 Å². The molecule has 0 saturated carbocycles. The van der Waals surface area contributed by atoms with Crippen LogP contribution < -0.4 is 0 Å². The van der Waals surface area contributed by atoms with Crippen molar-refractivity contribution in [2.75, 3.05) is 14.1 Å². The molecule has 1 aromatic carbocycles. The normalized spacial score (nSPS) is 11.0. The highest BCUT2D eigenvalue weighted by atomic mass is 35.5. The topological polar surface area (TPSA) is 46.3 Å². The first kappa shape index (κ1) is 14.6. The lowest BCUT2D eigenvalue weighted by Gasteiger charge is -2.01. The fourth-order valence-electron chi connectivity index (χ4n) is 1.51. The van der Waals surface area contributed by atoms with Gasteiger partial charge in [-0.2, -0.15) is 0 Å². The van der Waals surface area contributed by atoms with Gasteiger partial charge in [-0.05, 0) is 18.2 Å². The van der Waals surface area contributed by atoms with Crippen LogP contribution in [0.2, 0.25) is 10.0 Å². The minimum absolute atomic E-state index is 0.157. The molecule has 0 fully saturated rings. The Morgan fingerprint density at radius 2 is 2.05 bits per heavy atom. The van der Waals surface area contributed by atoms with Gasteiger partial charge in [-0.3, -0.25) is 4.79 Å². The first-order valence-electron chi connectivity index (χ1n) is 5.78. The summed E-state index contributed by atoms with van der Waals surface area (Å²) in [5.74, 6) is -0.105. The van der Waals surface area contributed by atoms with Gasteiger partial charge in [-0.1, -0.05) is 28.4 Å². The Balaban J connectivity index is 2.27. The van der Waals surface area contributed by atoms with Crippen LogP contribution in [0.25, 0.3) is 11.3 Å². The first-order valence-corrected chi connectivity index (χ1v) is 6.54. The molecule has 0 radical (unpaired) electrons. The van der Waals surface area contributed by atoms with Crippen LogP contribution >= 0.6 is 23.2 Å². The Bertz CT molecular complexity index is 663. The summed E-state index contributed by atoms with van der Waals surface area (Å²) in [5.41, 5.74) is 1.16. The number of rotatable bonds is 4. The Hall–Kier alpha value is -1.78. The van der Waals surface area contributed by atoms with Crippen LogP contribution in [0.5, 0.6) is 0 Å². The fraction of sp³-hybridized carbons (Fsp3) is 0.143. The number of allylic oxidation sites excluding steroid dienone is 1. The molecule has 1 heterocycles. The Morgan fingerprint density at radius 3 is 2.70 bits per heavy atom. The first-order chi connectivity index (χ1) is 9.47. The summed E-state index contributed by atoms with van der Waals surface area (Å²) in [6.07, 6.45) is 3.05. The second-order valence-electron chi connectivity index (χ2n) is 4.34. The van der Waals surface area contributed by atoms with Crippen LogP contribution in [-0.2, 0) is 0 Å². The summed E-state index contributed by atoms with van der Waals surface area (Å²) in [5, 5.41) is 4.84. The highest BCUT2D eigenvalue weighted by molar-refractivity contribution is 6.36. The quantitative estimate of drug-likeness (QED) is 0.634. The molecule has 0 aliphatic heterocycles. The zero-order valence-electron chi connectivity index (χ0n) is 10.9. The number of carbonyl (C=O) groups excluding carboxylic acids is 1. The van der Waals surface area contributed by atoms with Crippen molar-refractivity contribution in [3.8, 4) is 11.3 Å². The Labute approximate surface area is 126 Å². The van der Waals surface area contributed by atoms with Gasteiger partial charge >= 0.3 is 0 Å². The molecule has 0 atom stereocenters. The molecule has 1 aromatic heterocycles. The molecule has 0 N–H and O–H groups in total. The van der Waals surface area contributed by atoms with Crippen LogP contribution in [-0.4, -0.2) is 29.9 Å². The number of hydrogen-bond donors (Lipinski definition) is 0. The van der Waals surface area contributed by atoms with Crippen LogP contribution in [0.4, 0.5) is 0 Å². The van der Waals surface area contributed by atoms with Gasteiger partial charge in [0.1, 0.15) is 5.69 Å². The summed E-state index contributed by atoms with van der Waals surface area (Å²) >= 11 is 11.9. The number of ketones is 1. The number of nitrogens with zero attached hydrogens (tertiary/aromatic N) is 2. The van der Waals surface area contributed by atoms with E-state index < -0.39 is 0 Å². The summed E-state index contributed by atoms with van der Waals surface area (Å²) in [7, 11) is 3.64. The maximum absolute atomic E-state index is 11.8. The molecule has 0 bridgehead atoms. The van der Waals surface area contributed by atoms with Crippen molar-refractivity contribution in [2.45, 2.75) is 0 Å². The molecule has 6 heteroatoms. The van der Waals surface area contributed by atoms with Crippen LogP contribution in [0.15, 0.2) is 41.1 Å². The average molecular weight is 311 g/mol. The largest absolute Gasteiger partial charge is 0.383 e. The van der Waals surface area contributed by atoms with E-state index in [1.54, 1.807) is 35.4 Å². The van der Waals surface area contributed by atoms with Gasteiger partial charge in [0.15, 0.2) is 0 Å². The van der Waals surface area contributed by atoms with Gasteiger partial charge in [-0.15, -0.1) is 0 Å². The lowest BCUT2D eigenvalue weighted by atomic mass is 10.1. The van der Waals surface area contributed by atoms with E-state index in [2.05, 4.69) is 5.16 Å². The van der Waals surface area contributed by atoms with E-state index in [1.165, 1.54) is 6.08 Å². The smallest absolute Gasteiger partial charge is 0.225 e. The van der Waals surface area contributed by atoms with E-state index in [0.717, 1.165) is 0 Å². The summed E-state index contributed by atoms with van der Waals surface area (Å²) in [6, 6.07) is 6.59. The van der Waals surface area contributed by atoms with Gasteiger partial charge in [0.05, 0.1) is 5.02 Å². The number of aromatic nitrogens is 1. The lowest BCUT2D eigenvalue weighted by Crippen LogP contribution is -2.02. The van der Waals surface area contributed by atoms with E-state index >= 15 is 0 Å². The average Bonchev–Trinajstić information content (AvgIpc) is 2.85. The maximum atomic E-state index is 11.8. The second kappa shape index (κ2) is 6.11. The van der Waals surface area contributed by atoms with Crippen molar-refractivity contribution < 1.29 is 9.32 Å². The third kappa shape index (κ3) is 3.40. The van der Waals surface area contributed by atoms with Crippen LogP contribution in [0.1, 0.15) is 10.6 Å². The van der Waals surface area contributed by atoms with E-state index in [9.17, 15) is 4.79 Å². The molecular formula is C14H12Cl2N2O2. The van der Waals surface area contributed by atoms with E-state index in [-0.39, 0.29) is 11.5 Å². The Morgan fingerprint density at radius 1 is 1.30 bits per heavy atom. The lowest BCUT2D eigenvalue weighted by molar-refractivity contribution is 0.101. The third-order valence-corrected chi connectivity index (χ3v) is 3.03. The zero-order valence-corrected chi connectivity index (χ0v) is 12.4. The van der Waals surface area contributed by atoms with E-state index in [1.807, 2.05) is 14.1 Å². The second-order valence-corrected chi connectivity index (χ2v) is 5.19. The third-order valence-electron chi connectivity index (χ3n) is 2.48. The minimum Gasteiger partial charge on any atom is -0.383 e. The number of benzene rings is 1. The molecular weight excluding hydrogens is 299 g/mol. The van der Waals surface area contributed by atoms with Gasteiger partial charge in [0.25, 0.3) is 0 Å². The highest BCUT2D eigenvalue weighted by Gasteiger charge is 2.14.